The van der Waals surface area contributed by atoms with E-state index in [4.69, 9.17) is 0 Å². The molecule has 2 rings (SSSR count). The Balaban J connectivity index is 1.94. The van der Waals surface area contributed by atoms with E-state index in [0.717, 1.165) is 5.92 Å². The van der Waals surface area contributed by atoms with Gasteiger partial charge in [0, 0.05) is 11.1 Å². The fraction of sp³-hybridized carbons (Fsp3) is 1.00. The lowest BCUT2D eigenvalue weighted by atomic mass is 9.64. The van der Waals surface area contributed by atoms with Gasteiger partial charge in [-0.3, -0.25) is 4.90 Å². The molecule has 0 spiro atoms. The van der Waals surface area contributed by atoms with Gasteiger partial charge in [0.15, 0.2) is 0 Å². The summed E-state index contributed by atoms with van der Waals surface area (Å²) in [5.74, 6) is 0.860. The normalized spacial score (nSPS) is 41.4. The molecule has 15 heavy (non-hydrogen) atoms. The van der Waals surface area contributed by atoms with Crippen LogP contribution in [0.2, 0.25) is 0 Å². The lowest BCUT2D eigenvalue weighted by Crippen LogP contribution is -2.72. The number of hydrogen-bond donors (Lipinski definition) is 0. The monoisotopic (exact) mass is 209 g/mol. The summed E-state index contributed by atoms with van der Waals surface area (Å²) in [4.78, 5) is 2.81. The van der Waals surface area contributed by atoms with E-state index in [1.54, 1.807) is 0 Å². The van der Waals surface area contributed by atoms with E-state index in [0.29, 0.717) is 11.1 Å². The first kappa shape index (κ1) is 11.4. The zero-order chi connectivity index (χ0) is 11.1. The average Bonchev–Trinajstić information content (AvgIpc) is 2.13. The van der Waals surface area contributed by atoms with Crippen LogP contribution in [0, 0.1) is 5.92 Å². The third kappa shape index (κ3) is 1.95. The molecule has 2 unspecified atom stereocenters. The van der Waals surface area contributed by atoms with Crippen LogP contribution in [0.3, 0.4) is 0 Å². The van der Waals surface area contributed by atoms with Crippen LogP contribution in [0.4, 0.5) is 0 Å². The molecule has 2 heterocycles. The molecule has 0 amide bonds. The quantitative estimate of drug-likeness (QED) is 0.683. The van der Waals surface area contributed by atoms with Crippen LogP contribution in [0.1, 0.15) is 66.2 Å². The van der Waals surface area contributed by atoms with Gasteiger partial charge >= 0.3 is 0 Å². The molecule has 88 valence electrons. The van der Waals surface area contributed by atoms with Gasteiger partial charge in [-0.15, -0.1) is 0 Å². The molecule has 0 aromatic rings. The largest absolute Gasteiger partial charge is 0.292 e. The highest BCUT2D eigenvalue weighted by molar-refractivity contribution is 5.12. The molecule has 2 fully saturated rings. The summed E-state index contributed by atoms with van der Waals surface area (Å²) in [5, 5.41) is 0. The maximum absolute atomic E-state index is 2.81. The van der Waals surface area contributed by atoms with Gasteiger partial charge in [0.05, 0.1) is 0 Å². The Kier molecular flexibility index (Phi) is 2.87. The molecular weight excluding hydrogens is 182 g/mol. The third-order valence-corrected chi connectivity index (χ3v) is 4.67. The molecule has 1 heteroatoms. The summed E-state index contributed by atoms with van der Waals surface area (Å²) in [7, 11) is 0. The zero-order valence-corrected chi connectivity index (χ0v) is 11.0. The SMILES string of the molecule is CC(C)CCC1(C)CC2(C)CCCCN21. The predicted molar refractivity (Wildman–Crippen MR) is 66.1 cm³/mol. The molecule has 2 atom stereocenters. The van der Waals surface area contributed by atoms with Crippen molar-refractivity contribution in [2.45, 2.75) is 77.3 Å². The summed E-state index contributed by atoms with van der Waals surface area (Å²) in [6.45, 7) is 11.0. The Morgan fingerprint density at radius 2 is 1.93 bits per heavy atom. The molecule has 1 nitrogen and oxygen atoms in total. The Hall–Kier alpha value is -0.0400. The van der Waals surface area contributed by atoms with Crippen molar-refractivity contribution in [2.75, 3.05) is 6.54 Å². The van der Waals surface area contributed by atoms with Gasteiger partial charge in [0.25, 0.3) is 0 Å². The third-order valence-electron chi connectivity index (χ3n) is 4.67. The molecule has 2 aliphatic rings. The molecule has 0 aliphatic carbocycles. The van der Waals surface area contributed by atoms with E-state index in [-0.39, 0.29) is 0 Å². The average molecular weight is 209 g/mol. The van der Waals surface area contributed by atoms with Crippen molar-refractivity contribution in [3.63, 3.8) is 0 Å². The summed E-state index contributed by atoms with van der Waals surface area (Å²) < 4.78 is 0. The second kappa shape index (κ2) is 3.76. The van der Waals surface area contributed by atoms with Crippen LogP contribution < -0.4 is 0 Å². The molecule has 0 radical (unpaired) electrons. The molecule has 0 aromatic heterocycles. The highest BCUT2D eigenvalue weighted by Gasteiger charge is 2.55. The van der Waals surface area contributed by atoms with E-state index in [1.165, 1.54) is 45.1 Å². The summed E-state index contributed by atoms with van der Waals surface area (Å²) in [6.07, 6.45) is 8.54. The molecule has 0 saturated carbocycles. The molecule has 0 N–H and O–H groups in total. The van der Waals surface area contributed by atoms with Gasteiger partial charge < -0.3 is 0 Å². The van der Waals surface area contributed by atoms with E-state index in [1.807, 2.05) is 0 Å². The van der Waals surface area contributed by atoms with Crippen molar-refractivity contribution < 1.29 is 0 Å². The number of rotatable bonds is 3. The smallest absolute Gasteiger partial charge is 0.0204 e. The Labute approximate surface area is 95.2 Å². The van der Waals surface area contributed by atoms with E-state index < -0.39 is 0 Å². The number of hydrogen-bond acceptors (Lipinski definition) is 1. The van der Waals surface area contributed by atoms with Gasteiger partial charge in [0.1, 0.15) is 0 Å². The zero-order valence-electron chi connectivity index (χ0n) is 11.0. The molecule has 2 saturated heterocycles. The van der Waals surface area contributed by atoms with E-state index in [2.05, 4.69) is 32.6 Å². The fourth-order valence-corrected chi connectivity index (χ4v) is 3.93. The minimum atomic E-state index is 0.541. The highest BCUT2D eigenvalue weighted by Crippen LogP contribution is 2.52. The van der Waals surface area contributed by atoms with Crippen LogP contribution in [0.25, 0.3) is 0 Å². The van der Waals surface area contributed by atoms with Crippen molar-refractivity contribution in [1.82, 2.24) is 4.90 Å². The minimum Gasteiger partial charge on any atom is -0.292 e. The first-order valence-electron chi connectivity index (χ1n) is 6.74. The van der Waals surface area contributed by atoms with Gasteiger partial charge in [-0.1, -0.05) is 20.3 Å². The Morgan fingerprint density at radius 1 is 1.20 bits per heavy atom. The standard InChI is InChI=1S/C14H27N/c1-12(2)7-9-14(4)11-13(3)8-5-6-10-15(13)14/h12H,5-11H2,1-4H3. The fourth-order valence-electron chi connectivity index (χ4n) is 3.93. The van der Waals surface area contributed by atoms with Crippen LogP contribution in [0.5, 0.6) is 0 Å². The van der Waals surface area contributed by atoms with Gasteiger partial charge in [-0.25, -0.2) is 0 Å². The summed E-state index contributed by atoms with van der Waals surface area (Å²) >= 11 is 0. The molecule has 2 aliphatic heterocycles. The van der Waals surface area contributed by atoms with Gasteiger partial charge in [-0.05, 0) is 58.4 Å². The summed E-state index contributed by atoms with van der Waals surface area (Å²) in [5.41, 5.74) is 1.11. The second-order valence-corrected chi connectivity index (χ2v) is 6.71. The van der Waals surface area contributed by atoms with E-state index in [9.17, 15) is 0 Å². The lowest BCUT2D eigenvalue weighted by Gasteiger charge is -2.66. The molecular formula is C14H27N. The van der Waals surface area contributed by atoms with Gasteiger partial charge in [0.2, 0.25) is 0 Å². The topological polar surface area (TPSA) is 3.24 Å². The van der Waals surface area contributed by atoms with Crippen molar-refractivity contribution in [2.24, 2.45) is 5.92 Å². The first-order valence-corrected chi connectivity index (χ1v) is 6.74. The number of piperidine rings is 1. The maximum Gasteiger partial charge on any atom is 0.0204 e. The van der Waals surface area contributed by atoms with Crippen molar-refractivity contribution in [3.8, 4) is 0 Å². The highest BCUT2D eigenvalue weighted by atomic mass is 15.3. The number of fused-ring (bicyclic) bond motifs is 1. The number of nitrogens with zero attached hydrogens (tertiary/aromatic N) is 1. The lowest BCUT2D eigenvalue weighted by molar-refractivity contribution is -0.152. The molecule has 0 bridgehead atoms. The van der Waals surface area contributed by atoms with Crippen LogP contribution in [-0.2, 0) is 0 Å². The van der Waals surface area contributed by atoms with Crippen LogP contribution in [-0.4, -0.2) is 22.5 Å². The van der Waals surface area contributed by atoms with Crippen LogP contribution >= 0.6 is 0 Å². The van der Waals surface area contributed by atoms with E-state index >= 15 is 0 Å². The summed E-state index contributed by atoms with van der Waals surface area (Å²) in [6, 6.07) is 0. The minimum absolute atomic E-state index is 0.541. The van der Waals surface area contributed by atoms with Crippen molar-refractivity contribution in [1.29, 1.82) is 0 Å². The first-order chi connectivity index (χ1) is 6.96. The van der Waals surface area contributed by atoms with Crippen molar-refractivity contribution >= 4 is 0 Å². The maximum atomic E-state index is 2.81. The van der Waals surface area contributed by atoms with Crippen LogP contribution in [0.15, 0.2) is 0 Å². The predicted octanol–water partition coefficient (Wildman–Crippen LogP) is 3.83. The van der Waals surface area contributed by atoms with Crippen molar-refractivity contribution in [3.05, 3.63) is 0 Å². The molecule has 0 aromatic carbocycles. The van der Waals surface area contributed by atoms with Gasteiger partial charge in [-0.2, -0.15) is 0 Å². The Bertz CT molecular complexity index is 235. The second-order valence-electron chi connectivity index (χ2n) is 6.71. The Morgan fingerprint density at radius 3 is 2.53 bits per heavy atom.